The van der Waals surface area contributed by atoms with Crippen molar-refractivity contribution in [3.05, 3.63) is 59.4 Å². The SMILES string of the molecule is NC(=S)c1ccc(Oc2cccc(F)c2F)c(F)c1. The highest BCUT2D eigenvalue weighted by Crippen LogP contribution is 2.28. The van der Waals surface area contributed by atoms with Gasteiger partial charge in [-0.2, -0.15) is 4.39 Å². The van der Waals surface area contributed by atoms with Crippen LogP contribution in [0.5, 0.6) is 11.5 Å². The highest BCUT2D eigenvalue weighted by molar-refractivity contribution is 7.80. The zero-order valence-electron chi connectivity index (χ0n) is 9.49. The quantitative estimate of drug-likeness (QED) is 0.875. The number of ether oxygens (including phenoxy) is 1. The first-order valence-corrected chi connectivity index (χ1v) is 5.61. The van der Waals surface area contributed by atoms with Gasteiger partial charge in [0, 0.05) is 5.56 Å². The van der Waals surface area contributed by atoms with E-state index in [1.165, 1.54) is 24.3 Å². The van der Waals surface area contributed by atoms with E-state index in [0.29, 0.717) is 5.56 Å². The molecule has 19 heavy (non-hydrogen) atoms. The van der Waals surface area contributed by atoms with Crippen molar-refractivity contribution in [2.75, 3.05) is 0 Å². The van der Waals surface area contributed by atoms with Gasteiger partial charge in [-0.3, -0.25) is 0 Å². The van der Waals surface area contributed by atoms with E-state index < -0.39 is 23.2 Å². The molecule has 2 N–H and O–H groups in total. The molecule has 0 aliphatic rings. The van der Waals surface area contributed by atoms with Crippen LogP contribution in [-0.4, -0.2) is 4.99 Å². The molecule has 6 heteroatoms. The highest BCUT2D eigenvalue weighted by atomic mass is 32.1. The van der Waals surface area contributed by atoms with Gasteiger partial charge in [0.05, 0.1) is 0 Å². The van der Waals surface area contributed by atoms with Crippen LogP contribution in [0.25, 0.3) is 0 Å². The van der Waals surface area contributed by atoms with E-state index in [2.05, 4.69) is 0 Å². The minimum Gasteiger partial charge on any atom is -0.451 e. The molecule has 2 aromatic rings. The molecule has 2 aromatic carbocycles. The summed E-state index contributed by atoms with van der Waals surface area (Å²) in [6.07, 6.45) is 0. The lowest BCUT2D eigenvalue weighted by Crippen LogP contribution is -2.09. The van der Waals surface area contributed by atoms with Crippen molar-refractivity contribution in [1.82, 2.24) is 0 Å². The fourth-order valence-corrected chi connectivity index (χ4v) is 1.55. The fraction of sp³-hybridized carbons (Fsp3) is 0. The van der Waals surface area contributed by atoms with Crippen molar-refractivity contribution in [2.45, 2.75) is 0 Å². The molecule has 98 valence electrons. The fourth-order valence-electron chi connectivity index (χ4n) is 1.42. The van der Waals surface area contributed by atoms with Gasteiger partial charge in [-0.15, -0.1) is 0 Å². The predicted molar refractivity (Wildman–Crippen MR) is 68.7 cm³/mol. The summed E-state index contributed by atoms with van der Waals surface area (Å²) in [5.74, 6) is -3.67. The third-order valence-corrected chi connectivity index (χ3v) is 2.59. The molecule has 0 amide bonds. The van der Waals surface area contributed by atoms with E-state index in [9.17, 15) is 13.2 Å². The molecular weight excluding hydrogens is 275 g/mol. The summed E-state index contributed by atoms with van der Waals surface area (Å²) in [7, 11) is 0. The van der Waals surface area contributed by atoms with Gasteiger partial charge in [-0.1, -0.05) is 18.3 Å². The van der Waals surface area contributed by atoms with Gasteiger partial charge in [0.25, 0.3) is 0 Å². The Morgan fingerprint density at radius 2 is 1.74 bits per heavy atom. The summed E-state index contributed by atoms with van der Waals surface area (Å²) >= 11 is 4.69. The van der Waals surface area contributed by atoms with Gasteiger partial charge in [-0.25, -0.2) is 8.78 Å². The average Bonchev–Trinajstić information content (AvgIpc) is 2.37. The Kier molecular flexibility index (Phi) is 3.71. The first-order valence-electron chi connectivity index (χ1n) is 5.20. The molecule has 2 rings (SSSR count). The first kappa shape index (κ1) is 13.4. The Labute approximate surface area is 112 Å². The number of nitrogens with two attached hydrogens (primary N) is 1. The van der Waals surface area contributed by atoms with Crippen LogP contribution in [0.15, 0.2) is 36.4 Å². The van der Waals surface area contributed by atoms with Crippen LogP contribution in [0, 0.1) is 17.5 Å². The molecule has 0 heterocycles. The lowest BCUT2D eigenvalue weighted by atomic mass is 10.2. The second-order valence-electron chi connectivity index (χ2n) is 3.66. The average molecular weight is 283 g/mol. The Bertz CT molecular complexity index is 646. The van der Waals surface area contributed by atoms with Crippen LogP contribution in [0.4, 0.5) is 13.2 Å². The number of hydrogen-bond donors (Lipinski definition) is 1. The minimum atomic E-state index is -1.18. The van der Waals surface area contributed by atoms with Gasteiger partial charge in [0.15, 0.2) is 23.1 Å². The standard InChI is InChI=1S/C13H8F3NOS/c14-8-2-1-3-11(12(8)16)18-10-5-4-7(13(17)19)6-9(10)15/h1-6H,(H2,17,19). The normalized spacial score (nSPS) is 10.3. The van der Waals surface area contributed by atoms with Crippen molar-refractivity contribution in [3.8, 4) is 11.5 Å². The molecular formula is C13H8F3NOS. The second-order valence-corrected chi connectivity index (χ2v) is 4.10. The molecule has 0 saturated carbocycles. The number of rotatable bonds is 3. The molecule has 0 aliphatic heterocycles. The predicted octanol–water partition coefficient (Wildman–Crippen LogP) is 3.53. The maximum Gasteiger partial charge on any atom is 0.201 e. The zero-order chi connectivity index (χ0) is 14.0. The van der Waals surface area contributed by atoms with E-state index in [-0.39, 0.29) is 10.7 Å². The molecule has 2 nitrogen and oxygen atoms in total. The Morgan fingerprint density at radius 3 is 2.37 bits per heavy atom. The lowest BCUT2D eigenvalue weighted by Gasteiger charge is -2.09. The van der Waals surface area contributed by atoms with Crippen LogP contribution in [0.2, 0.25) is 0 Å². The highest BCUT2D eigenvalue weighted by Gasteiger charge is 2.12. The first-order chi connectivity index (χ1) is 8.99. The van der Waals surface area contributed by atoms with E-state index in [1.54, 1.807) is 0 Å². The summed E-state index contributed by atoms with van der Waals surface area (Å²) in [5, 5.41) is 0. The molecule has 0 fully saturated rings. The van der Waals surface area contributed by atoms with Gasteiger partial charge in [-0.05, 0) is 30.3 Å². The van der Waals surface area contributed by atoms with Crippen LogP contribution in [0.3, 0.4) is 0 Å². The Morgan fingerprint density at radius 1 is 1.00 bits per heavy atom. The van der Waals surface area contributed by atoms with Crippen molar-refractivity contribution in [3.63, 3.8) is 0 Å². The summed E-state index contributed by atoms with van der Waals surface area (Å²) < 4.78 is 45.0. The Balaban J connectivity index is 2.34. The number of thiocarbonyl (C=S) groups is 1. The lowest BCUT2D eigenvalue weighted by molar-refractivity contribution is 0.397. The summed E-state index contributed by atoms with van der Waals surface area (Å²) in [6, 6.07) is 7.13. The number of hydrogen-bond acceptors (Lipinski definition) is 2. The summed E-state index contributed by atoms with van der Waals surface area (Å²) in [4.78, 5) is 0.0300. The maximum absolute atomic E-state index is 13.7. The molecule has 0 radical (unpaired) electrons. The molecule has 0 aliphatic carbocycles. The van der Waals surface area contributed by atoms with Crippen molar-refractivity contribution in [2.24, 2.45) is 5.73 Å². The second kappa shape index (κ2) is 5.27. The van der Waals surface area contributed by atoms with E-state index in [4.69, 9.17) is 22.7 Å². The molecule has 0 saturated heterocycles. The van der Waals surface area contributed by atoms with Crippen LogP contribution < -0.4 is 10.5 Å². The third-order valence-electron chi connectivity index (χ3n) is 2.35. The topological polar surface area (TPSA) is 35.2 Å². The smallest absolute Gasteiger partial charge is 0.201 e. The van der Waals surface area contributed by atoms with E-state index >= 15 is 0 Å². The van der Waals surface area contributed by atoms with E-state index in [1.807, 2.05) is 0 Å². The molecule has 0 unspecified atom stereocenters. The van der Waals surface area contributed by atoms with Crippen LogP contribution >= 0.6 is 12.2 Å². The van der Waals surface area contributed by atoms with Gasteiger partial charge >= 0.3 is 0 Å². The maximum atomic E-state index is 13.7. The van der Waals surface area contributed by atoms with Crippen LogP contribution in [-0.2, 0) is 0 Å². The molecule has 0 atom stereocenters. The summed E-state index contributed by atoms with van der Waals surface area (Å²) in [6.45, 7) is 0. The molecule has 0 bridgehead atoms. The monoisotopic (exact) mass is 283 g/mol. The largest absolute Gasteiger partial charge is 0.451 e. The summed E-state index contributed by atoms with van der Waals surface area (Å²) in [5.41, 5.74) is 5.66. The van der Waals surface area contributed by atoms with Gasteiger partial charge in [0.1, 0.15) is 4.99 Å². The van der Waals surface area contributed by atoms with Gasteiger partial charge in [0.2, 0.25) is 5.82 Å². The molecule has 0 spiro atoms. The van der Waals surface area contributed by atoms with Crippen molar-refractivity contribution >= 4 is 17.2 Å². The number of benzene rings is 2. The number of halogens is 3. The van der Waals surface area contributed by atoms with E-state index in [0.717, 1.165) is 12.1 Å². The van der Waals surface area contributed by atoms with Gasteiger partial charge < -0.3 is 10.5 Å². The van der Waals surface area contributed by atoms with Crippen molar-refractivity contribution < 1.29 is 17.9 Å². The van der Waals surface area contributed by atoms with Crippen molar-refractivity contribution in [1.29, 1.82) is 0 Å². The third kappa shape index (κ3) is 2.85. The minimum absolute atomic E-state index is 0.0300. The molecule has 0 aromatic heterocycles. The Hall–Kier alpha value is -2.08. The van der Waals surface area contributed by atoms with Crippen LogP contribution in [0.1, 0.15) is 5.56 Å². The zero-order valence-corrected chi connectivity index (χ0v) is 10.3.